The second-order valence-corrected chi connectivity index (χ2v) is 6.54. The zero-order valence-corrected chi connectivity index (χ0v) is 14.8. The van der Waals surface area contributed by atoms with Crippen LogP contribution in [0.1, 0.15) is 23.1 Å². The minimum atomic E-state index is -0.406. The molecule has 0 atom stereocenters. The van der Waals surface area contributed by atoms with E-state index in [1.165, 1.54) is 12.1 Å². The molecule has 0 aliphatic heterocycles. The van der Waals surface area contributed by atoms with Gasteiger partial charge >= 0.3 is 0 Å². The second kappa shape index (κ2) is 6.68. The maximum absolute atomic E-state index is 13.3. The average molecular weight is 366 g/mol. The van der Waals surface area contributed by atoms with Gasteiger partial charge in [0.1, 0.15) is 11.5 Å². The maximum Gasteiger partial charge on any atom is 0.274 e. The average Bonchev–Trinajstić information content (AvgIpc) is 3.30. The van der Waals surface area contributed by atoms with E-state index in [4.69, 9.17) is 0 Å². The number of hydrogen-bond donors (Lipinski definition) is 1. The second-order valence-electron chi connectivity index (χ2n) is 5.76. The molecule has 4 aromatic rings. The highest BCUT2D eigenvalue weighted by atomic mass is 32.1. The first-order valence-corrected chi connectivity index (χ1v) is 9.07. The van der Waals surface area contributed by atoms with E-state index < -0.39 is 5.82 Å². The monoisotopic (exact) mass is 366 g/mol. The summed E-state index contributed by atoms with van der Waals surface area (Å²) >= 11 is 1.60. The van der Waals surface area contributed by atoms with Crippen LogP contribution in [0.3, 0.4) is 0 Å². The summed E-state index contributed by atoms with van der Waals surface area (Å²) in [6.07, 6.45) is 0.698. The molecule has 0 radical (unpaired) electrons. The van der Waals surface area contributed by atoms with Gasteiger partial charge in [0.05, 0.1) is 5.69 Å². The van der Waals surface area contributed by atoms with Crippen LogP contribution < -0.4 is 5.32 Å². The van der Waals surface area contributed by atoms with Crippen molar-refractivity contribution in [3.63, 3.8) is 0 Å². The third-order valence-corrected chi connectivity index (χ3v) is 4.68. The number of hydrogen-bond acceptors (Lipinski definition) is 4. The van der Waals surface area contributed by atoms with E-state index in [2.05, 4.69) is 15.4 Å². The van der Waals surface area contributed by atoms with Crippen molar-refractivity contribution in [1.29, 1.82) is 0 Å². The summed E-state index contributed by atoms with van der Waals surface area (Å²) in [5.41, 5.74) is 3.98. The fraction of sp³-hybridized carbons (Fsp3) is 0.105. The molecule has 26 heavy (non-hydrogen) atoms. The highest BCUT2D eigenvalue weighted by molar-refractivity contribution is 7.08. The predicted octanol–water partition coefficient (Wildman–Crippen LogP) is 4.41. The van der Waals surface area contributed by atoms with Crippen molar-refractivity contribution in [2.45, 2.75) is 13.3 Å². The van der Waals surface area contributed by atoms with Crippen molar-refractivity contribution in [3.05, 3.63) is 70.4 Å². The van der Waals surface area contributed by atoms with Gasteiger partial charge in [-0.05, 0) is 42.1 Å². The minimum absolute atomic E-state index is 0.273. The molecule has 1 amide bonds. The zero-order valence-electron chi connectivity index (χ0n) is 13.9. The number of halogens is 1. The molecule has 1 N–H and O–H groups in total. The Morgan fingerprint density at radius 3 is 2.88 bits per heavy atom. The number of fused-ring (bicyclic) bond motifs is 1. The van der Waals surface area contributed by atoms with Gasteiger partial charge in [-0.3, -0.25) is 4.79 Å². The number of rotatable bonds is 4. The van der Waals surface area contributed by atoms with Gasteiger partial charge in [-0.25, -0.2) is 13.9 Å². The normalized spacial score (nSPS) is 11.0. The van der Waals surface area contributed by atoms with E-state index in [1.54, 1.807) is 34.1 Å². The van der Waals surface area contributed by atoms with Crippen LogP contribution in [-0.4, -0.2) is 20.5 Å². The first kappa shape index (κ1) is 16.4. The van der Waals surface area contributed by atoms with Crippen molar-refractivity contribution in [3.8, 4) is 11.3 Å². The summed E-state index contributed by atoms with van der Waals surface area (Å²) in [6, 6.07) is 11.3. The minimum Gasteiger partial charge on any atom is -0.321 e. The molecule has 0 saturated heterocycles. The van der Waals surface area contributed by atoms with E-state index in [0.29, 0.717) is 17.8 Å². The Labute approximate surface area is 153 Å². The van der Waals surface area contributed by atoms with Crippen LogP contribution in [0.4, 0.5) is 10.1 Å². The highest BCUT2D eigenvalue weighted by Crippen LogP contribution is 2.23. The molecule has 3 heterocycles. The van der Waals surface area contributed by atoms with Crippen LogP contribution >= 0.6 is 11.3 Å². The number of anilines is 1. The Bertz CT molecular complexity index is 1090. The predicted molar refractivity (Wildman–Crippen MR) is 100 cm³/mol. The number of benzene rings is 1. The molecule has 0 aliphatic rings. The molecule has 0 spiro atoms. The first-order valence-electron chi connectivity index (χ1n) is 8.13. The topological polar surface area (TPSA) is 59.3 Å². The molecule has 130 valence electrons. The highest BCUT2D eigenvalue weighted by Gasteiger charge is 2.15. The number of aromatic nitrogens is 3. The third kappa shape index (κ3) is 3.09. The third-order valence-electron chi connectivity index (χ3n) is 4.00. The van der Waals surface area contributed by atoms with E-state index in [-0.39, 0.29) is 11.6 Å². The zero-order chi connectivity index (χ0) is 18.1. The van der Waals surface area contributed by atoms with Crippen LogP contribution in [0.2, 0.25) is 0 Å². The Kier molecular flexibility index (Phi) is 4.22. The maximum atomic E-state index is 13.3. The van der Waals surface area contributed by atoms with E-state index in [0.717, 1.165) is 17.0 Å². The molecule has 0 fully saturated rings. The van der Waals surface area contributed by atoms with Gasteiger partial charge in [0.2, 0.25) is 0 Å². The largest absolute Gasteiger partial charge is 0.321 e. The molecule has 1 aromatic carbocycles. The Balaban J connectivity index is 1.72. The number of nitrogens with one attached hydrogen (secondary N) is 1. The number of aryl methyl sites for hydroxylation is 1. The number of thiophene rings is 1. The molecule has 0 saturated carbocycles. The van der Waals surface area contributed by atoms with E-state index in [9.17, 15) is 9.18 Å². The lowest BCUT2D eigenvalue weighted by Crippen LogP contribution is -2.15. The summed E-state index contributed by atoms with van der Waals surface area (Å²) in [5, 5.41) is 11.3. The standard InChI is InChI=1S/C19H15FN4OS/c1-2-15-9-17(19(25)21-14-5-3-4-13(20)8-14)22-18-10-16(23-24(15)18)12-6-7-26-11-12/h3-11H,2H2,1H3,(H,21,25). The van der Waals surface area contributed by atoms with Crippen molar-refractivity contribution in [2.24, 2.45) is 0 Å². The quantitative estimate of drug-likeness (QED) is 0.582. The smallest absolute Gasteiger partial charge is 0.274 e. The number of amides is 1. The number of carbonyl (C=O) groups is 1. The van der Waals surface area contributed by atoms with Gasteiger partial charge in [0.15, 0.2) is 5.65 Å². The van der Waals surface area contributed by atoms with Crippen LogP contribution in [0.15, 0.2) is 53.2 Å². The molecule has 0 bridgehead atoms. The fourth-order valence-corrected chi connectivity index (χ4v) is 3.37. The summed E-state index contributed by atoms with van der Waals surface area (Å²) in [7, 11) is 0. The summed E-state index contributed by atoms with van der Waals surface area (Å²) in [4.78, 5) is 17.0. The van der Waals surface area contributed by atoms with Gasteiger partial charge in [0, 0.05) is 28.4 Å². The van der Waals surface area contributed by atoms with Gasteiger partial charge in [-0.2, -0.15) is 16.4 Å². The molecule has 3 aromatic heterocycles. The Hall–Kier alpha value is -3.06. The molecule has 7 heteroatoms. The first-order chi connectivity index (χ1) is 12.6. The summed E-state index contributed by atoms with van der Waals surface area (Å²) in [6.45, 7) is 2.00. The Morgan fingerprint density at radius 2 is 2.15 bits per heavy atom. The molecule has 0 unspecified atom stereocenters. The number of nitrogens with zero attached hydrogens (tertiary/aromatic N) is 3. The molecular weight excluding hydrogens is 351 g/mol. The van der Waals surface area contributed by atoms with Crippen LogP contribution in [0.25, 0.3) is 16.9 Å². The SMILES string of the molecule is CCc1cc(C(=O)Nc2cccc(F)c2)nc2cc(-c3ccsc3)nn12. The van der Waals surface area contributed by atoms with Crippen LogP contribution in [0, 0.1) is 5.82 Å². The Morgan fingerprint density at radius 1 is 1.27 bits per heavy atom. The van der Waals surface area contributed by atoms with Crippen molar-refractivity contribution >= 4 is 28.6 Å². The van der Waals surface area contributed by atoms with Crippen LogP contribution in [0.5, 0.6) is 0 Å². The molecule has 4 rings (SSSR count). The lowest BCUT2D eigenvalue weighted by atomic mass is 10.2. The van der Waals surface area contributed by atoms with Crippen LogP contribution in [-0.2, 0) is 6.42 Å². The lowest BCUT2D eigenvalue weighted by molar-refractivity contribution is 0.102. The van der Waals surface area contributed by atoms with Gasteiger partial charge < -0.3 is 5.32 Å². The summed E-state index contributed by atoms with van der Waals surface area (Å²) < 4.78 is 15.1. The lowest BCUT2D eigenvalue weighted by Gasteiger charge is -2.07. The fourth-order valence-electron chi connectivity index (χ4n) is 2.72. The number of carbonyl (C=O) groups excluding carboxylic acids is 1. The van der Waals surface area contributed by atoms with Crippen molar-refractivity contribution < 1.29 is 9.18 Å². The molecule has 5 nitrogen and oxygen atoms in total. The van der Waals surface area contributed by atoms with Gasteiger partial charge in [-0.15, -0.1) is 0 Å². The summed E-state index contributed by atoms with van der Waals surface area (Å²) in [5.74, 6) is -0.789. The van der Waals surface area contributed by atoms with E-state index >= 15 is 0 Å². The van der Waals surface area contributed by atoms with Gasteiger partial charge in [0.25, 0.3) is 5.91 Å². The van der Waals surface area contributed by atoms with Crippen molar-refractivity contribution in [1.82, 2.24) is 14.6 Å². The van der Waals surface area contributed by atoms with E-state index in [1.807, 2.05) is 29.8 Å². The molecular formula is C19H15FN4OS. The van der Waals surface area contributed by atoms with Gasteiger partial charge in [-0.1, -0.05) is 13.0 Å². The van der Waals surface area contributed by atoms with Crippen molar-refractivity contribution in [2.75, 3.05) is 5.32 Å². The molecule has 0 aliphatic carbocycles.